The Labute approximate surface area is 149 Å². The van der Waals surface area contributed by atoms with Crippen LogP contribution in [0.5, 0.6) is 0 Å². The van der Waals surface area contributed by atoms with E-state index in [2.05, 4.69) is 25.0 Å². The Morgan fingerprint density at radius 2 is 1.85 bits per heavy atom. The molecular weight excluding hydrogens is 364 g/mol. The van der Waals surface area contributed by atoms with Crippen molar-refractivity contribution in [2.45, 2.75) is 18.8 Å². The third-order valence-electron chi connectivity index (χ3n) is 4.17. The molecule has 4 aromatic rings. The van der Waals surface area contributed by atoms with Gasteiger partial charge in [-0.15, -0.1) is 0 Å². The molecule has 1 N–H and O–H groups in total. The Kier molecular flexibility index (Phi) is 3.72. The van der Waals surface area contributed by atoms with Gasteiger partial charge in [-0.05, 0) is 25.1 Å². The molecule has 138 valence electrons. The van der Waals surface area contributed by atoms with Crippen LogP contribution in [0.1, 0.15) is 12.5 Å². The molecule has 6 nitrogen and oxygen atoms in total. The number of H-pyrrole nitrogens is 1. The molecule has 1 atom stereocenters. The number of hydrogen-bond donors (Lipinski definition) is 1. The van der Waals surface area contributed by atoms with E-state index in [1.165, 1.54) is 16.9 Å². The Morgan fingerprint density at radius 3 is 2.52 bits per heavy atom. The van der Waals surface area contributed by atoms with E-state index < -0.39 is 17.4 Å². The van der Waals surface area contributed by atoms with Crippen molar-refractivity contribution in [3.8, 4) is 17.2 Å². The van der Waals surface area contributed by atoms with E-state index in [-0.39, 0.29) is 5.82 Å². The molecule has 0 aliphatic heterocycles. The highest BCUT2D eigenvalue weighted by molar-refractivity contribution is 5.75. The van der Waals surface area contributed by atoms with Gasteiger partial charge in [-0.3, -0.25) is 0 Å². The third-order valence-corrected chi connectivity index (χ3v) is 4.17. The highest BCUT2D eigenvalue weighted by atomic mass is 19.4. The number of hydrogen-bond acceptors (Lipinski definition) is 4. The number of halogens is 4. The predicted molar refractivity (Wildman–Crippen MR) is 88.8 cm³/mol. The first-order valence-electron chi connectivity index (χ1n) is 7.84. The van der Waals surface area contributed by atoms with Gasteiger partial charge in [0.05, 0.1) is 11.8 Å². The molecule has 4 rings (SSSR count). The van der Waals surface area contributed by atoms with Crippen molar-refractivity contribution in [3.63, 3.8) is 0 Å². The van der Waals surface area contributed by atoms with Crippen LogP contribution in [0.25, 0.3) is 28.4 Å². The van der Waals surface area contributed by atoms with Crippen molar-refractivity contribution in [1.29, 1.82) is 0 Å². The SMILES string of the molecule is CC(F)(c1ccc(-n2cc(-c3nc4cccnc4[nH]3)cn2)nc1)C(F)(F)F. The number of pyridine rings is 2. The molecule has 0 spiro atoms. The van der Waals surface area contributed by atoms with Crippen molar-refractivity contribution < 1.29 is 17.6 Å². The van der Waals surface area contributed by atoms with Crippen molar-refractivity contribution in [2.24, 2.45) is 0 Å². The second-order valence-corrected chi connectivity index (χ2v) is 6.04. The summed E-state index contributed by atoms with van der Waals surface area (Å²) in [7, 11) is 0. The number of alkyl halides is 4. The number of aromatic amines is 1. The lowest BCUT2D eigenvalue weighted by atomic mass is 9.99. The first-order valence-corrected chi connectivity index (χ1v) is 7.84. The van der Waals surface area contributed by atoms with E-state index in [9.17, 15) is 17.6 Å². The zero-order valence-electron chi connectivity index (χ0n) is 13.9. The van der Waals surface area contributed by atoms with Crippen molar-refractivity contribution in [2.75, 3.05) is 0 Å². The number of rotatable bonds is 3. The molecule has 0 fully saturated rings. The van der Waals surface area contributed by atoms with Crippen LogP contribution in [-0.4, -0.2) is 35.9 Å². The summed E-state index contributed by atoms with van der Waals surface area (Å²) in [6.07, 6.45) is 0.610. The minimum absolute atomic E-state index is 0.247. The molecule has 0 radical (unpaired) electrons. The molecule has 10 heteroatoms. The fourth-order valence-corrected chi connectivity index (χ4v) is 2.51. The largest absolute Gasteiger partial charge is 0.426 e. The summed E-state index contributed by atoms with van der Waals surface area (Å²) >= 11 is 0. The molecule has 4 aromatic heterocycles. The Hall–Kier alpha value is -3.30. The summed E-state index contributed by atoms with van der Waals surface area (Å²) < 4.78 is 53.7. The number of nitrogens with zero attached hydrogens (tertiary/aromatic N) is 5. The maximum Gasteiger partial charge on any atom is 0.426 e. The Balaban J connectivity index is 1.63. The minimum Gasteiger partial charge on any atom is -0.323 e. The Morgan fingerprint density at radius 1 is 1.04 bits per heavy atom. The number of aromatic nitrogens is 6. The molecule has 0 saturated carbocycles. The molecule has 0 saturated heterocycles. The van der Waals surface area contributed by atoms with Gasteiger partial charge in [-0.2, -0.15) is 18.3 Å². The van der Waals surface area contributed by atoms with E-state index >= 15 is 0 Å². The van der Waals surface area contributed by atoms with Gasteiger partial charge in [0.25, 0.3) is 0 Å². The number of nitrogens with one attached hydrogen (secondary N) is 1. The van der Waals surface area contributed by atoms with Gasteiger partial charge in [-0.25, -0.2) is 24.0 Å². The summed E-state index contributed by atoms with van der Waals surface area (Å²) in [5.74, 6) is 0.789. The van der Waals surface area contributed by atoms with E-state index in [1.807, 2.05) is 6.07 Å². The average molecular weight is 376 g/mol. The van der Waals surface area contributed by atoms with E-state index in [0.717, 1.165) is 12.3 Å². The lowest BCUT2D eigenvalue weighted by Gasteiger charge is -2.23. The summed E-state index contributed by atoms with van der Waals surface area (Å²) in [4.78, 5) is 15.5. The quantitative estimate of drug-likeness (QED) is 0.550. The summed E-state index contributed by atoms with van der Waals surface area (Å²) in [6.45, 7) is 0.464. The molecule has 27 heavy (non-hydrogen) atoms. The summed E-state index contributed by atoms with van der Waals surface area (Å²) in [6, 6.07) is 5.89. The van der Waals surface area contributed by atoms with Crippen LogP contribution >= 0.6 is 0 Å². The molecular formula is C17H12F4N6. The van der Waals surface area contributed by atoms with Crippen molar-refractivity contribution >= 4 is 11.2 Å². The summed E-state index contributed by atoms with van der Waals surface area (Å²) in [5, 5.41) is 4.13. The highest BCUT2D eigenvalue weighted by Gasteiger charge is 2.53. The standard InChI is InChI=1S/C17H12F4N6/c1-16(18,17(19,20)21)11-4-5-13(23-8-11)27-9-10(7-24-27)14-25-12-3-2-6-22-15(12)26-14/h2-9H,1H3,(H,22,25,26). The maximum absolute atomic E-state index is 14.0. The zero-order chi connectivity index (χ0) is 19.2. The van der Waals surface area contributed by atoms with E-state index in [0.29, 0.717) is 29.5 Å². The first kappa shape index (κ1) is 17.1. The van der Waals surface area contributed by atoms with Gasteiger partial charge in [0.1, 0.15) is 11.3 Å². The van der Waals surface area contributed by atoms with E-state index in [1.54, 1.807) is 18.5 Å². The minimum atomic E-state index is -5.02. The molecule has 0 bridgehead atoms. The Bertz CT molecular complexity index is 1060. The van der Waals surface area contributed by atoms with Crippen molar-refractivity contribution in [1.82, 2.24) is 29.7 Å². The van der Waals surface area contributed by atoms with Gasteiger partial charge >= 0.3 is 6.18 Å². The van der Waals surface area contributed by atoms with Gasteiger partial charge in [0, 0.05) is 24.2 Å². The normalized spacial score (nSPS) is 14.4. The van der Waals surface area contributed by atoms with Crippen LogP contribution in [0.4, 0.5) is 17.6 Å². The third kappa shape index (κ3) is 2.92. The lowest BCUT2D eigenvalue weighted by Crippen LogP contribution is -2.35. The van der Waals surface area contributed by atoms with Crippen LogP contribution in [-0.2, 0) is 5.67 Å². The van der Waals surface area contributed by atoms with Crippen LogP contribution in [0.2, 0.25) is 0 Å². The molecule has 0 aliphatic rings. The molecule has 0 amide bonds. The second kappa shape index (κ2) is 5.86. The number of imidazole rings is 1. The fourth-order valence-electron chi connectivity index (χ4n) is 2.51. The topological polar surface area (TPSA) is 72.3 Å². The molecule has 0 aromatic carbocycles. The van der Waals surface area contributed by atoms with Gasteiger partial charge < -0.3 is 4.98 Å². The first-order chi connectivity index (χ1) is 12.8. The van der Waals surface area contributed by atoms with Crippen LogP contribution in [0.3, 0.4) is 0 Å². The zero-order valence-corrected chi connectivity index (χ0v) is 13.9. The van der Waals surface area contributed by atoms with Crippen molar-refractivity contribution in [3.05, 3.63) is 54.6 Å². The van der Waals surface area contributed by atoms with Gasteiger partial charge in [0.2, 0.25) is 5.67 Å². The molecule has 1 unspecified atom stereocenters. The second-order valence-electron chi connectivity index (χ2n) is 6.04. The monoisotopic (exact) mass is 376 g/mol. The lowest BCUT2D eigenvalue weighted by molar-refractivity contribution is -0.228. The highest BCUT2D eigenvalue weighted by Crippen LogP contribution is 2.41. The summed E-state index contributed by atoms with van der Waals surface area (Å²) in [5.41, 5.74) is -2.09. The number of fused-ring (bicyclic) bond motifs is 1. The van der Waals surface area contributed by atoms with Crippen LogP contribution in [0.15, 0.2) is 49.1 Å². The smallest absolute Gasteiger partial charge is 0.323 e. The maximum atomic E-state index is 14.0. The van der Waals surface area contributed by atoms with Crippen LogP contribution < -0.4 is 0 Å². The van der Waals surface area contributed by atoms with E-state index in [4.69, 9.17) is 0 Å². The average Bonchev–Trinajstić information content (AvgIpc) is 3.27. The predicted octanol–water partition coefficient (Wildman–Crippen LogP) is 3.95. The van der Waals surface area contributed by atoms with Gasteiger partial charge in [0.15, 0.2) is 11.5 Å². The molecule has 4 heterocycles. The molecule has 0 aliphatic carbocycles. The van der Waals surface area contributed by atoms with Crippen LogP contribution in [0, 0.1) is 0 Å². The fraction of sp³-hybridized carbons (Fsp3) is 0.176. The van der Waals surface area contributed by atoms with Gasteiger partial charge in [-0.1, -0.05) is 6.07 Å².